The van der Waals surface area contributed by atoms with E-state index in [9.17, 15) is 20.0 Å². The van der Waals surface area contributed by atoms with Gasteiger partial charge >= 0.3 is 11.2 Å². The zero-order valence-corrected chi connectivity index (χ0v) is 12.3. The molecule has 0 saturated heterocycles. The van der Waals surface area contributed by atoms with Crippen LogP contribution in [0, 0.1) is 10.1 Å². The summed E-state index contributed by atoms with van der Waals surface area (Å²) in [6.07, 6.45) is 2.96. The normalized spacial score (nSPS) is 10.7. The molecule has 0 spiro atoms. The predicted octanol–water partition coefficient (Wildman–Crippen LogP) is 1.57. The predicted molar refractivity (Wildman–Crippen MR) is 81.7 cm³/mol. The number of H-pyrrole nitrogens is 1. The molecule has 0 atom stereocenters. The van der Waals surface area contributed by atoms with Crippen molar-refractivity contribution in [1.29, 1.82) is 0 Å². The van der Waals surface area contributed by atoms with E-state index in [0.29, 0.717) is 17.1 Å². The monoisotopic (exact) mass is 319 g/mol. The van der Waals surface area contributed by atoms with Crippen molar-refractivity contribution in [2.24, 2.45) is 0 Å². The number of nitro groups is 1. The van der Waals surface area contributed by atoms with Crippen LogP contribution in [0.2, 0.25) is 0 Å². The van der Waals surface area contributed by atoms with E-state index in [1.807, 2.05) is 0 Å². The number of benzene rings is 1. The van der Waals surface area contributed by atoms with E-state index in [0.717, 1.165) is 0 Å². The second-order valence-electron chi connectivity index (χ2n) is 4.32. The highest BCUT2D eigenvalue weighted by Crippen LogP contribution is 2.26. The molecule has 2 N–H and O–H groups in total. The van der Waals surface area contributed by atoms with Crippen LogP contribution < -0.4 is 15.0 Å². The van der Waals surface area contributed by atoms with E-state index in [-0.39, 0.29) is 5.82 Å². The fourth-order valence-electron chi connectivity index (χ4n) is 1.84. The minimum Gasteiger partial charge on any atom is -0.497 e. The van der Waals surface area contributed by atoms with E-state index in [2.05, 4.69) is 9.97 Å². The molecule has 1 heterocycles. The van der Waals surface area contributed by atoms with Crippen molar-refractivity contribution in [3.05, 3.63) is 50.1 Å². The molecule has 0 aliphatic carbocycles. The maximum Gasteiger partial charge on any atom is 0.395 e. The number of aromatic nitrogens is 2. The van der Waals surface area contributed by atoms with E-state index in [1.54, 1.807) is 24.3 Å². The molecular formula is C14H13N3O6. The standard InChI is InChI=1S/C14H13N3O6/c1-22-9-5-3-8(10(7-9)23-2)4-6-11-15-13(18)12(17(20)21)14(19)16-11/h3-7H,1-2H3,(H2,15,16,18,19)/b6-4-. The Balaban J connectivity index is 2.38. The van der Waals surface area contributed by atoms with Crippen molar-refractivity contribution >= 4 is 17.8 Å². The van der Waals surface area contributed by atoms with Crippen LogP contribution in [0.1, 0.15) is 11.4 Å². The maximum atomic E-state index is 11.5. The third-order valence-corrected chi connectivity index (χ3v) is 2.94. The smallest absolute Gasteiger partial charge is 0.395 e. The van der Waals surface area contributed by atoms with Crippen molar-refractivity contribution in [2.75, 3.05) is 14.2 Å². The molecule has 0 aliphatic heterocycles. The Morgan fingerprint density at radius 3 is 2.61 bits per heavy atom. The Kier molecular flexibility index (Phi) is 4.60. The van der Waals surface area contributed by atoms with Crippen LogP contribution in [-0.4, -0.2) is 34.2 Å². The number of aromatic amines is 1. The molecule has 9 heteroatoms. The molecule has 9 nitrogen and oxygen atoms in total. The fraction of sp³-hybridized carbons (Fsp3) is 0.143. The van der Waals surface area contributed by atoms with Crippen molar-refractivity contribution in [2.45, 2.75) is 0 Å². The fourth-order valence-corrected chi connectivity index (χ4v) is 1.84. The van der Waals surface area contributed by atoms with Gasteiger partial charge in [-0.2, -0.15) is 4.98 Å². The Bertz CT molecular complexity index is 828. The van der Waals surface area contributed by atoms with E-state index < -0.39 is 22.0 Å². The first kappa shape index (κ1) is 16.0. The van der Waals surface area contributed by atoms with E-state index in [4.69, 9.17) is 9.47 Å². The molecule has 0 radical (unpaired) electrons. The summed E-state index contributed by atoms with van der Waals surface area (Å²) in [4.78, 5) is 26.9. The molecule has 0 amide bonds. The average molecular weight is 319 g/mol. The van der Waals surface area contributed by atoms with E-state index >= 15 is 0 Å². The molecular weight excluding hydrogens is 306 g/mol. The summed E-state index contributed by atoms with van der Waals surface area (Å²) in [5.74, 6) is 0.156. The van der Waals surface area contributed by atoms with Gasteiger partial charge in [-0.05, 0) is 24.3 Å². The summed E-state index contributed by atoms with van der Waals surface area (Å²) in [6, 6.07) is 5.10. The number of ether oxygens (including phenoxy) is 2. The van der Waals surface area contributed by atoms with Gasteiger partial charge in [-0.1, -0.05) is 0 Å². The van der Waals surface area contributed by atoms with Crippen LogP contribution in [0.25, 0.3) is 12.2 Å². The number of hydrogen-bond donors (Lipinski definition) is 2. The van der Waals surface area contributed by atoms with Gasteiger partial charge in [-0.25, -0.2) is 0 Å². The molecule has 120 valence electrons. The lowest BCUT2D eigenvalue weighted by Crippen LogP contribution is -2.14. The van der Waals surface area contributed by atoms with Gasteiger partial charge in [-0.3, -0.25) is 14.9 Å². The van der Waals surface area contributed by atoms with Crippen molar-refractivity contribution in [3.8, 4) is 17.4 Å². The molecule has 0 fully saturated rings. The zero-order valence-electron chi connectivity index (χ0n) is 12.3. The molecule has 1 aromatic carbocycles. The van der Waals surface area contributed by atoms with Gasteiger partial charge in [0.1, 0.15) is 17.3 Å². The molecule has 2 aromatic rings. The number of hydrogen-bond acceptors (Lipinski definition) is 7. The Morgan fingerprint density at radius 1 is 1.30 bits per heavy atom. The number of methoxy groups -OCH3 is 2. The van der Waals surface area contributed by atoms with Gasteiger partial charge in [0.25, 0.3) is 5.88 Å². The third-order valence-electron chi connectivity index (χ3n) is 2.94. The van der Waals surface area contributed by atoms with Crippen LogP contribution in [0.15, 0.2) is 23.0 Å². The van der Waals surface area contributed by atoms with Crippen molar-refractivity contribution in [3.63, 3.8) is 0 Å². The van der Waals surface area contributed by atoms with Crippen molar-refractivity contribution < 1.29 is 19.5 Å². The Labute approximate surface area is 130 Å². The topological polar surface area (TPSA) is 128 Å². The average Bonchev–Trinajstić information content (AvgIpc) is 2.51. The van der Waals surface area contributed by atoms with Gasteiger partial charge in [0.2, 0.25) is 0 Å². The minimum absolute atomic E-state index is 0.0315. The summed E-state index contributed by atoms with van der Waals surface area (Å²) in [5.41, 5.74) is -1.37. The van der Waals surface area contributed by atoms with Crippen molar-refractivity contribution in [1.82, 2.24) is 9.97 Å². The maximum absolute atomic E-state index is 11.5. The lowest BCUT2D eigenvalue weighted by molar-refractivity contribution is -0.387. The Hall–Kier alpha value is -3.36. The van der Waals surface area contributed by atoms with Crippen LogP contribution in [0.3, 0.4) is 0 Å². The first-order valence-electron chi connectivity index (χ1n) is 6.34. The molecule has 0 saturated carbocycles. The lowest BCUT2D eigenvalue weighted by atomic mass is 10.1. The lowest BCUT2D eigenvalue weighted by Gasteiger charge is -2.07. The summed E-state index contributed by atoms with van der Waals surface area (Å²) < 4.78 is 10.3. The summed E-state index contributed by atoms with van der Waals surface area (Å²) >= 11 is 0. The third kappa shape index (κ3) is 3.46. The highest BCUT2D eigenvalue weighted by Gasteiger charge is 2.21. The second-order valence-corrected chi connectivity index (χ2v) is 4.32. The highest BCUT2D eigenvalue weighted by atomic mass is 16.6. The van der Waals surface area contributed by atoms with Gasteiger partial charge in [-0.15, -0.1) is 0 Å². The van der Waals surface area contributed by atoms with Crippen LogP contribution in [0.5, 0.6) is 17.4 Å². The number of rotatable bonds is 5. The molecule has 0 unspecified atom stereocenters. The molecule has 0 bridgehead atoms. The first-order chi connectivity index (χ1) is 11.0. The number of aromatic hydroxyl groups is 1. The summed E-state index contributed by atoms with van der Waals surface area (Å²) in [7, 11) is 3.02. The summed E-state index contributed by atoms with van der Waals surface area (Å²) in [6.45, 7) is 0. The molecule has 0 aliphatic rings. The van der Waals surface area contributed by atoms with Gasteiger partial charge < -0.3 is 19.6 Å². The largest absolute Gasteiger partial charge is 0.497 e. The zero-order chi connectivity index (χ0) is 17.0. The highest BCUT2D eigenvalue weighted by molar-refractivity contribution is 5.71. The molecule has 2 rings (SSSR count). The second kappa shape index (κ2) is 6.60. The minimum atomic E-state index is -1.04. The van der Waals surface area contributed by atoms with Gasteiger partial charge in [0, 0.05) is 11.6 Å². The van der Waals surface area contributed by atoms with Crippen LogP contribution in [0.4, 0.5) is 5.69 Å². The number of nitrogens with zero attached hydrogens (tertiary/aromatic N) is 2. The quantitative estimate of drug-likeness (QED) is 0.632. The number of nitrogens with one attached hydrogen (secondary N) is 1. The van der Waals surface area contributed by atoms with Gasteiger partial charge in [0.05, 0.1) is 19.1 Å². The first-order valence-corrected chi connectivity index (χ1v) is 6.34. The van der Waals surface area contributed by atoms with Crippen LogP contribution in [-0.2, 0) is 0 Å². The van der Waals surface area contributed by atoms with Gasteiger partial charge in [0.15, 0.2) is 0 Å². The SMILES string of the molecule is COc1ccc(/C=C\c2nc(O)c([N+](=O)[O-])c(=O)[nH]2)c(OC)c1. The Morgan fingerprint density at radius 2 is 2.04 bits per heavy atom. The molecule has 23 heavy (non-hydrogen) atoms. The molecule has 1 aromatic heterocycles. The summed E-state index contributed by atoms with van der Waals surface area (Å²) in [5, 5.41) is 20.1. The van der Waals surface area contributed by atoms with Crippen LogP contribution >= 0.6 is 0 Å². The van der Waals surface area contributed by atoms with E-state index in [1.165, 1.54) is 20.3 Å².